The summed E-state index contributed by atoms with van der Waals surface area (Å²) in [6.07, 6.45) is 0. The number of carboxylic acids is 1. The molecule has 0 aromatic heterocycles. The van der Waals surface area contributed by atoms with E-state index in [0.29, 0.717) is 11.3 Å². The minimum Gasteiger partial charge on any atom is -0.481 e. The monoisotopic (exact) mass is 291 g/mol. The van der Waals surface area contributed by atoms with Crippen molar-refractivity contribution < 1.29 is 19.5 Å². The van der Waals surface area contributed by atoms with Gasteiger partial charge in [-0.1, -0.05) is 18.2 Å². The molecule has 1 aromatic rings. The molecule has 0 saturated carbocycles. The predicted octanol–water partition coefficient (Wildman–Crippen LogP) is 0.519. The number of nitrogens with zero attached hydrogens (tertiary/aromatic N) is 1. The van der Waals surface area contributed by atoms with Crippen LogP contribution in [0.4, 0.5) is 10.5 Å². The fraction of sp³-hybridized carbons (Fsp3) is 0.357. The molecule has 1 aliphatic rings. The molecule has 2 unspecified atom stereocenters. The van der Waals surface area contributed by atoms with E-state index in [-0.39, 0.29) is 12.5 Å². The Balaban J connectivity index is 2.20. The van der Waals surface area contributed by atoms with E-state index < -0.39 is 24.0 Å². The van der Waals surface area contributed by atoms with E-state index >= 15 is 0 Å². The Labute approximate surface area is 121 Å². The summed E-state index contributed by atoms with van der Waals surface area (Å²) in [5.41, 5.74) is 1.17. The van der Waals surface area contributed by atoms with Crippen LogP contribution in [-0.4, -0.2) is 42.6 Å². The standard InChI is InChI=1S/C14H17N3O4/c1-8(12(18)15-2)16-14(21)17-7-10(13(19)20)9-5-3-4-6-11(9)17/h3-6,8,10H,7H2,1-2H3,(H,15,18)(H,16,21)(H,19,20). The number of hydrogen-bond acceptors (Lipinski definition) is 3. The van der Waals surface area contributed by atoms with Gasteiger partial charge in [0.15, 0.2) is 0 Å². The molecule has 2 rings (SSSR count). The third-order valence-electron chi connectivity index (χ3n) is 3.49. The molecule has 0 fully saturated rings. The van der Waals surface area contributed by atoms with Crippen LogP contribution in [0.25, 0.3) is 0 Å². The molecule has 0 spiro atoms. The first-order valence-corrected chi connectivity index (χ1v) is 6.57. The quantitative estimate of drug-likeness (QED) is 0.756. The highest BCUT2D eigenvalue weighted by molar-refractivity contribution is 5.99. The lowest BCUT2D eigenvalue weighted by atomic mass is 10.0. The van der Waals surface area contributed by atoms with E-state index in [9.17, 15) is 19.5 Å². The summed E-state index contributed by atoms with van der Waals surface area (Å²) in [6.45, 7) is 1.62. The fourth-order valence-electron chi connectivity index (χ4n) is 2.36. The lowest BCUT2D eigenvalue weighted by Gasteiger charge is -2.21. The van der Waals surface area contributed by atoms with E-state index in [4.69, 9.17) is 0 Å². The number of benzene rings is 1. The van der Waals surface area contributed by atoms with Crippen LogP contribution < -0.4 is 15.5 Å². The first-order chi connectivity index (χ1) is 9.95. The first kappa shape index (κ1) is 14.8. The van der Waals surface area contributed by atoms with Crippen LogP contribution in [0.5, 0.6) is 0 Å². The van der Waals surface area contributed by atoms with Gasteiger partial charge in [-0.05, 0) is 18.6 Å². The molecule has 3 N–H and O–H groups in total. The van der Waals surface area contributed by atoms with Gasteiger partial charge < -0.3 is 15.7 Å². The maximum Gasteiger partial charge on any atom is 0.322 e. The number of nitrogens with one attached hydrogen (secondary N) is 2. The molecule has 1 heterocycles. The van der Waals surface area contributed by atoms with Gasteiger partial charge in [0.2, 0.25) is 5.91 Å². The number of carbonyl (C=O) groups excluding carboxylic acids is 2. The number of fused-ring (bicyclic) bond motifs is 1. The van der Waals surface area contributed by atoms with Gasteiger partial charge in [-0.25, -0.2) is 4.79 Å². The van der Waals surface area contributed by atoms with Crippen LogP contribution >= 0.6 is 0 Å². The lowest BCUT2D eigenvalue weighted by Crippen LogP contribution is -2.49. The van der Waals surface area contributed by atoms with E-state index in [1.165, 1.54) is 11.9 Å². The van der Waals surface area contributed by atoms with Gasteiger partial charge in [0.05, 0.1) is 0 Å². The number of likely N-dealkylation sites (N-methyl/N-ethyl adjacent to an activating group) is 1. The van der Waals surface area contributed by atoms with Crippen LogP contribution in [0, 0.1) is 0 Å². The Hall–Kier alpha value is -2.57. The number of para-hydroxylation sites is 1. The summed E-state index contributed by atoms with van der Waals surface area (Å²) in [4.78, 5) is 36.3. The SMILES string of the molecule is CNC(=O)C(C)NC(=O)N1CC(C(=O)O)c2ccccc21. The van der Waals surface area contributed by atoms with Crippen molar-refractivity contribution in [1.29, 1.82) is 0 Å². The molecule has 3 amide bonds. The number of amides is 3. The third kappa shape index (κ3) is 2.81. The second-order valence-corrected chi connectivity index (χ2v) is 4.85. The highest BCUT2D eigenvalue weighted by atomic mass is 16.4. The first-order valence-electron chi connectivity index (χ1n) is 6.57. The molecule has 1 aliphatic heterocycles. The number of anilines is 1. The Morgan fingerprint density at radius 3 is 2.62 bits per heavy atom. The Kier molecular flexibility index (Phi) is 4.11. The third-order valence-corrected chi connectivity index (χ3v) is 3.49. The number of urea groups is 1. The van der Waals surface area contributed by atoms with Gasteiger partial charge in [-0.3, -0.25) is 14.5 Å². The van der Waals surface area contributed by atoms with Crippen molar-refractivity contribution in [3.63, 3.8) is 0 Å². The van der Waals surface area contributed by atoms with E-state index in [1.54, 1.807) is 31.2 Å². The van der Waals surface area contributed by atoms with Crippen molar-refractivity contribution in [1.82, 2.24) is 10.6 Å². The van der Waals surface area contributed by atoms with Crippen molar-refractivity contribution in [3.8, 4) is 0 Å². The average molecular weight is 291 g/mol. The van der Waals surface area contributed by atoms with Gasteiger partial charge in [-0.15, -0.1) is 0 Å². The zero-order valence-electron chi connectivity index (χ0n) is 11.8. The number of carbonyl (C=O) groups is 3. The molecule has 7 nitrogen and oxygen atoms in total. The van der Waals surface area contributed by atoms with Crippen LogP contribution in [0.3, 0.4) is 0 Å². The number of aliphatic carboxylic acids is 1. The van der Waals surface area contributed by atoms with Gasteiger partial charge in [0.1, 0.15) is 12.0 Å². The molecule has 0 radical (unpaired) electrons. The average Bonchev–Trinajstić information content (AvgIpc) is 2.86. The molecule has 1 aromatic carbocycles. The van der Waals surface area contributed by atoms with Crippen LogP contribution in [-0.2, 0) is 9.59 Å². The van der Waals surface area contributed by atoms with Crippen LogP contribution in [0.2, 0.25) is 0 Å². The number of carboxylic acid groups (broad SMARTS) is 1. The molecule has 0 aliphatic carbocycles. The van der Waals surface area contributed by atoms with Crippen molar-refractivity contribution in [2.24, 2.45) is 0 Å². The largest absolute Gasteiger partial charge is 0.481 e. The number of rotatable bonds is 3. The summed E-state index contributed by atoms with van der Waals surface area (Å²) in [6, 6.07) is 5.70. The zero-order valence-corrected chi connectivity index (χ0v) is 11.8. The molecule has 0 saturated heterocycles. The van der Waals surface area contributed by atoms with Crippen LogP contribution in [0.15, 0.2) is 24.3 Å². The summed E-state index contributed by atoms with van der Waals surface area (Å²) < 4.78 is 0. The maximum absolute atomic E-state index is 12.2. The summed E-state index contributed by atoms with van der Waals surface area (Å²) >= 11 is 0. The Morgan fingerprint density at radius 1 is 1.33 bits per heavy atom. The van der Waals surface area contributed by atoms with Gasteiger partial charge >= 0.3 is 12.0 Å². The Bertz CT molecular complexity index is 587. The zero-order chi connectivity index (χ0) is 15.6. The minimum atomic E-state index is -0.975. The second kappa shape index (κ2) is 5.82. The molecule has 2 atom stereocenters. The van der Waals surface area contributed by atoms with Crippen LogP contribution in [0.1, 0.15) is 18.4 Å². The van der Waals surface area contributed by atoms with E-state index in [1.807, 2.05) is 0 Å². The molecule has 0 bridgehead atoms. The lowest BCUT2D eigenvalue weighted by molar-refractivity contribution is -0.138. The summed E-state index contributed by atoms with van der Waals surface area (Å²) in [5.74, 6) is -2.04. The molecular formula is C14H17N3O4. The topological polar surface area (TPSA) is 98.7 Å². The smallest absolute Gasteiger partial charge is 0.322 e. The second-order valence-electron chi connectivity index (χ2n) is 4.85. The van der Waals surface area contributed by atoms with Gasteiger partial charge in [0.25, 0.3) is 0 Å². The highest BCUT2D eigenvalue weighted by Gasteiger charge is 2.36. The minimum absolute atomic E-state index is 0.0565. The molecule has 7 heteroatoms. The molecule has 112 valence electrons. The van der Waals surface area contributed by atoms with Gasteiger partial charge in [0, 0.05) is 19.3 Å². The maximum atomic E-state index is 12.2. The van der Waals surface area contributed by atoms with Crippen molar-refractivity contribution in [3.05, 3.63) is 29.8 Å². The number of hydrogen-bond donors (Lipinski definition) is 3. The van der Waals surface area contributed by atoms with Crippen molar-refractivity contribution >= 4 is 23.6 Å². The predicted molar refractivity (Wildman–Crippen MR) is 76.2 cm³/mol. The molecular weight excluding hydrogens is 274 g/mol. The van der Waals surface area contributed by atoms with E-state index in [0.717, 1.165) is 0 Å². The Morgan fingerprint density at radius 2 is 2.00 bits per heavy atom. The highest BCUT2D eigenvalue weighted by Crippen LogP contribution is 2.36. The van der Waals surface area contributed by atoms with Crippen molar-refractivity contribution in [2.45, 2.75) is 18.9 Å². The molecule has 21 heavy (non-hydrogen) atoms. The summed E-state index contributed by atoms with van der Waals surface area (Å²) in [5, 5.41) is 14.2. The summed E-state index contributed by atoms with van der Waals surface area (Å²) in [7, 11) is 1.48. The van der Waals surface area contributed by atoms with Crippen molar-refractivity contribution in [2.75, 3.05) is 18.5 Å². The normalized spacial score (nSPS) is 17.8. The van der Waals surface area contributed by atoms with E-state index in [2.05, 4.69) is 10.6 Å². The van der Waals surface area contributed by atoms with Gasteiger partial charge in [-0.2, -0.15) is 0 Å². The fourth-order valence-corrected chi connectivity index (χ4v) is 2.36.